The summed E-state index contributed by atoms with van der Waals surface area (Å²) in [6, 6.07) is 9.54. The number of halogens is 1. The maximum atomic E-state index is 11.7. The Kier molecular flexibility index (Phi) is 6.51. The molecule has 5 rings (SSSR count). The molecule has 0 atom stereocenters. The van der Waals surface area contributed by atoms with Crippen LogP contribution in [0.3, 0.4) is 0 Å². The van der Waals surface area contributed by atoms with Crippen LogP contribution < -0.4 is 19.7 Å². The first-order valence-electron chi connectivity index (χ1n) is 11.5. The fourth-order valence-corrected chi connectivity index (χ4v) is 4.51. The maximum absolute atomic E-state index is 11.7. The van der Waals surface area contributed by atoms with Crippen LogP contribution in [0.5, 0.6) is 11.5 Å². The number of carbonyl (C=O) groups is 1. The third-order valence-electron chi connectivity index (χ3n) is 6.22. The van der Waals surface area contributed by atoms with Crippen molar-refractivity contribution in [3.8, 4) is 22.9 Å². The Balaban J connectivity index is 1.45. The van der Waals surface area contributed by atoms with Crippen LogP contribution in [0.25, 0.3) is 17.0 Å². The highest BCUT2D eigenvalue weighted by molar-refractivity contribution is 6.32. The highest BCUT2D eigenvalue weighted by Gasteiger charge is 2.23. The van der Waals surface area contributed by atoms with Gasteiger partial charge in [0.1, 0.15) is 22.8 Å². The third kappa shape index (κ3) is 4.47. The second-order valence-corrected chi connectivity index (χ2v) is 8.71. The number of benzene rings is 1. The lowest BCUT2D eigenvalue weighted by Crippen LogP contribution is -2.48. The lowest BCUT2D eigenvalue weighted by Gasteiger charge is -2.36. The van der Waals surface area contributed by atoms with Crippen molar-refractivity contribution in [1.82, 2.24) is 24.3 Å². The lowest BCUT2D eigenvalue weighted by atomic mass is 10.2. The van der Waals surface area contributed by atoms with Crippen LogP contribution in [0, 0.1) is 0 Å². The molecule has 1 amide bonds. The van der Waals surface area contributed by atoms with Gasteiger partial charge in [0.15, 0.2) is 0 Å². The van der Waals surface area contributed by atoms with Crippen LogP contribution in [0.2, 0.25) is 5.02 Å². The van der Waals surface area contributed by atoms with Crippen LogP contribution in [0.4, 0.5) is 17.3 Å². The molecule has 1 aliphatic rings. The van der Waals surface area contributed by atoms with Gasteiger partial charge in [0.2, 0.25) is 11.9 Å². The average Bonchev–Trinajstić information content (AvgIpc) is 3.33. The number of nitrogens with one attached hydrogen (secondary N) is 1. The molecule has 1 aromatic carbocycles. The summed E-state index contributed by atoms with van der Waals surface area (Å²) in [5.41, 5.74) is 3.64. The van der Waals surface area contributed by atoms with E-state index in [1.807, 2.05) is 45.8 Å². The topological polar surface area (TPSA) is 97.1 Å². The number of nitrogens with zero attached hydrogens (tertiary/aromatic N) is 6. The zero-order valence-electron chi connectivity index (χ0n) is 20.2. The second kappa shape index (κ2) is 9.90. The van der Waals surface area contributed by atoms with Gasteiger partial charge in [0, 0.05) is 51.4 Å². The van der Waals surface area contributed by atoms with E-state index in [4.69, 9.17) is 21.1 Å². The number of pyridine rings is 1. The summed E-state index contributed by atoms with van der Waals surface area (Å²) < 4.78 is 13.3. The van der Waals surface area contributed by atoms with Crippen molar-refractivity contribution in [1.29, 1.82) is 0 Å². The maximum Gasteiger partial charge on any atom is 0.227 e. The van der Waals surface area contributed by atoms with Crippen LogP contribution in [-0.2, 0) is 4.79 Å². The molecular weight excluding hydrogens is 482 g/mol. The number of amides is 1. The van der Waals surface area contributed by atoms with Crippen molar-refractivity contribution in [3.63, 3.8) is 0 Å². The molecule has 10 nitrogen and oxygen atoms in total. The lowest BCUT2D eigenvalue weighted by molar-refractivity contribution is -0.129. The predicted molar refractivity (Wildman–Crippen MR) is 139 cm³/mol. The highest BCUT2D eigenvalue weighted by Crippen LogP contribution is 2.40. The Hall–Kier alpha value is -4.05. The average molecular weight is 508 g/mol. The number of carbonyl (C=O) groups excluding carboxylic acids is 1. The molecule has 4 heterocycles. The van der Waals surface area contributed by atoms with E-state index in [-0.39, 0.29) is 5.91 Å². The quantitative estimate of drug-likeness (QED) is 0.420. The Morgan fingerprint density at radius 1 is 1.03 bits per heavy atom. The summed E-state index contributed by atoms with van der Waals surface area (Å²) in [5, 5.41) is 3.65. The van der Waals surface area contributed by atoms with Gasteiger partial charge in [-0.05, 0) is 12.1 Å². The molecule has 0 saturated carbocycles. The first kappa shape index (κ1) is 23.7. The molecule has 0 aliphatic carbocycles. The first-order valence-corrected chi connectivity index (χ1v) is 11.8. The summed E-state index contributed by atoms with van der Waals surface area (Å²) in [6.45, 7) is 4.32. The number of hydrogen-bond donors (Lipinski definition) is 1. The Morgan fingerprint density at radius 2 is 1.81 bits per heavy atom. The van der Waals surface area contributed by atoms with Gasteiger partial charge in [-0.15, -0.1) is 0 Å². The largest absolute Gasteiger partial charge is 0.494 e. The predicted octanol–water partition coefficient (Wildman–Crippen LogP) is 3.87. The molecule has 1 N–H and O–H groups in total. The Labute approximate surface area is 213 Å². The second-order valence-electron chi connectivity index (χ2n) is 8.30. The van der Waals surface area contributed by atoms with E-state index < -0.39 is 0 Å². The van der Waals surface area contributed by atoms with Gasteiger partial charge in [-0.1, -0.05) is 17.7 Å². The van der Waals surface area contributed by atoms with Crippen LogP contribution in [0.15, 0.2) is 48.9 Å². The summed E-state index contributed by atoms with van der Waals surface area (Å²) >= 11 is 6.47. The fraction of sp³-hybridized carbons (Fsp3) is 0.280. The monoisotopic (exact) mass is 507 g/mol. The van der Waals surface area contributed by atoms with Crippen molar-refractivity contribution >= 4 is 40.5 Å². The minimum absolute atomic E-state index is 0.0880. The van der Waals surface area contributed by atoms with Gasteiger partial charge < -0.3 is 24.6 Å². The molecule has 11 heteroatoms. The number of ether oxygens (including phenoxy) is 2. The Morgan fingerprint density at radius 3 is 2.53 bits per heavy atom. The van der Waals surface area contributed by atoms with Gasteiger partial charge in [0.25, 0.3) is 0 Å². The van der Waals surface area contributed by atoms with E-state index in [1.54, 1.807) is 33.5 Å². The van der Waals surface area contributed by atoms with E-state index in [0.29, 0.717) is 60.0 Å². The third-order valence-corrected chi connectivity index (χ3v) is 6.49. The van der Waals surface area contributed by atoms with Crippen molar-refractivity contribution in [2.45, 2.75) is 6.92 Å². The van der Waals surface area contributed by atoms with E-state index in [9.17, 15) is 4.79 Å². The summed E-state index contributed by atoms with van der Waals surface area (Å²) in [4.78, 5) is 29.2. The SMILES string of the molecule is COc1cc(N2CCN(C(C)=O)CC2)c(OC)cc1Nc1ncc(Cl)c(-c2cnc3ccccn23)n1. The van der Waals surface area contributed by atoms with Crippen molar-refractivity contribution in [2.24, 2.45) is 0 Å². The number of aromatic nitrogens is 4. The number of piperazine rings is 1. The van der Waals surface area contributed by atoms with E-state index >= 15 is 0 Å². The minimum Gasteiger partial charge on any atom is -0.494 e. The van der Waals surface area contributed by atoms with Crippen LogP contribution in [0.1, 0.15) is 6.92 Å². The van der Waals surface area contributed by atoms with Crippen molar-refractivity contribution in [2.75, 3.05) is 50.6 Å². The van der Waals surface area contributed by atoms with Gasteiger partial charge in [-0.25, -0.2) is 15.0 Å². The molecule has 0 unspecified atom stereocenters. The van der Waals surface area contributed by atoms with Crippen molar-refractivity contribution in [3.05, 3.63) is 53.9 Å². The van der Waals surface area contributed by atoms with E-state index in [2.05, 4.69) is 25.2 Å². The highest BCUT2D eigenvalue weighted by atomic mass is 35.5. The summed E-state index contributed by atoms with van der Waals surface area (Å²) in [7, 11) is 3.24. The molecule has 1 saturated heterocycles. The van der Waals surface area contributed by atoms with E-state index in [0.717, 1.165) is 17.0 Å². The van der Waals surface area contributed by atoms with Gasteiger partial charge >= 0.3 is 0 Å². The molecule has 0 radical (unpaired) electrons. The zero-order valence-corrected chi connectivity index (χ0v) is 21.0. The standard InChI is InChI=1S/C25H26ClN7O3/c1-16(34)31-8-10-32(11-9-31)19-13-21(35-2)18(12-22(19)36-3)29-25-28-14-17(26)24(30-25)20-15-27-23-6-4-5-7-33(20)23/h4-7,12-15H,8-11H2,1-3H3,(H,28,29,30). The molecule has 36 heavy (non-hydrogen) atoms. The van der Waals surface area contributed by atoms with Crippen LogP contribution >= 0.6 is 11.6 Å². The number of methoxy groups -OCH3 is 2. The number of imidazole rings is 1. The molecule has 1 fully saturated rings. The molecule has 0 spiro atoms. The number of rotatable bonds is 6. The molecule has 4 aromatic rings. The minimum atomic E-state index is 0.0880. The fourth-order valence-electron chi connectivity index (χ4n) is 4.32. The number of hydrogen-bond acceptors (Lipinski definition) is 8. The van der Waals surface area contributed by atoms with Gasteiger partial charge in [-0.3, -0.25) is 9.20 Å². The molecular formula is C25H26ClN7O3. The molecule has 0 bridgehead atoms. The Bertz CT molecular complexity index is 1420. The molecule has 1 aliphatic heterocycles. The smallest absolute Gasteiger partial charge is 0.227 e. The zero-order chi connectivity index (χ0) is 25.2. The van der Waals surface area contributed by atoms with Gasteiger partial charge in [-0.2, -0.15) is 0 Å². The molecule has 186 valence electrons. The molecule has 3 aromatic heterocycles. The summed E-state index contributed by atoms with van der Waals surface area (Å²) in [5.74, 6) is 1.72. The summed E-state index contributed by atoms with van der Waals surface area (Å²) in [6.07, 6.45) is 5.20. The van der Waals surface area contributed by atoms with Gasteiger partial charge in [0.05, 0.1) is 48.7 Å². The number of anilines is 3. The van der Waals surface area contributed by atoms with E-state index in [1.165, 1.54) is 0 Å². The normalized spacial score (nSPS) is 13.7. The van der Waals surface area contributed by atoms with Crippen LogP contribution in [-0.4, -0.2) is 70.6 Å². The van der Waals surface area contributed by atoms with Crippen molar-refractivity contribution < 1.29 is 14.3 Å². The first-order chi connectivity index (χ1) is 17.5. The number of fused-ring (bicyclic) bond motifs is 1.